The fraction of sp³-hybridized carbons (Fsp3) is 0.357. The van der Waals surface area contributed by atoms with Gasteiger partial charge in [0.2, 0.25) is 0 Å². The molecule has 2 aromatic rings. The summed E-state index contributed by atoms with van der Waals surface area (Å²) in [4.78, 5) is 4.11. The van der Waals surface area contributed by atoms with Crippen LogP contribution >= 0.6 is 0 Å². The second-order valence-electron chi connectivity index (χ2n) is 4.37. The Morgan fingerprint density at radius 3 is 2.52 bits per heavy atom. The van der Waals surface area contributed by atoms with Crippen LogP contribution in [0.1, 0.15) is 0 Å². The predicted octanol–water partition coefficient (Wildman–Crippen LogP) is 2.29. The molecule has 2 rings (SSSR count). The van der Waals surface area contributed by atoms with Crippen molar-refractivity contribution >= 4 is 16.6 Å². The molecule has 21 heavy (non-hydrogen) atoms. The van der Waals surface area contributed by atoms with Gasteiger partial charge in [-0.25, -0.2) is 13.8 Å². The molecule has 114 valence electrons. The van der Waals surface area contributed by atoms with E-state index >= 15 is 0 Å². The van der Waals surface area contributed by atoms with E-state index < -0.39 is 12.5 Å². The van der Waals surface area contributed by atoms with Crippen molar-refractivity contribution in [2.24, 2.45) is 0 Å². The van der Waals surface area contributed by atoms with Crippen LogP contribution in [0.25, 0.3) is 10.8 Å². The number of ether oxygens (including phenoxy) is 2. The van der Waals surface area contributed by atoms with E-state index in [0.29, 0.717) is 22.7 Å². The van der Waals surface area contributed by atoms with E-state index in [1.54, 1.807) is 24.4 Å². The quantitative estimate of drug-likeness (QED) is 0.856. The van der Waals surface area contributed by atoms with Gasteiger partial charge in [-0.1, -0.05) is 0 Å². The molecule has 1 atom stereocenters. The van der Waals surface area contributed by atoms with E-state index in [1.807, 2.05) is 0 Å². The van der Waals surface area contributed by atoms with Crippen molar-refractivity contribution < 1.29 is 23.4 Å². The number of fused-ring (bicyclic) bond motifs is 1. The summed E-state index contributed by atoms with van der Waals surface area (Å²) in [6, 6.07) is 5.24. The number of methoxy groups -OCH3 is 2. The topological polar surface area (TPSA) is 63.6 Å². The van der Waals surface area contributed by atoms with Gasteiger partial charge in [0, 0.05) is 18.1 Å². The summed E-state index contributed by atoms with van der Waals surface area (Å²) >= 11 is 0. The van der Waals surface area contributed by atoms with E-state index in [0.717, 1.165) is 5.39 Å². The van der Waals surface area contributed by atoms with Crippen LogP contribution in [0.3, 0.4) is 0 Å². The van der Waals surface area contributed by atoms with Crippen molar-refractivity contribution in [3.8, 4) is 11.5 Å². The summed E-state index contributed by atoms with van der Waals surface area (Å²) in [5.74, 6) is 1.47. The number of halogens is 2. The number of nitrogens with one attached hydrogen (secondary N) is 1. The SMILES string of the molecule is COc1cc2ccnc(NCC(O)C(F)F)c2cc1OC. The minimum Gasteiger partial charge on any atom is -0.493 e. The first-order valence-corrected chi connectivity index (χ1v) is 6.27. The van der Waals surface area contributed by atoms with E-state index in [4.69, 9.17) is 14.6 Å². The third kappa shape index (κ3) is 3.30. The van der Waals surface area contributed by atoms with E-state index in [9.17, 15) is 8.78 Å². The molecule has 0 fully saturated rings. The lowest BCUT2D eigenvalue weighted by molar-refractivity contribution is 0.00382. The Morgan fingerprint density at radius 2 is 1.90 bits per heavy atom. The van der Waals surface area contributed by atoms with Crippen molar-refractivity contribution in [3.63, 3.8) is 0 Å². The van der Waals surface area contributed by atoms with Gasteiger partial charge in [0.1, 0.15) is 11.9 Å². The van der Waals surface area contributed by atoms with Crippen LogP contribution in [-0.2, 0) is 0 Å². The second-order valence-corrected chi connectivity index (χ2v) is 4.37. The highest BCUT2D eigenvalue weighted by Crippen LogP contribution is 2.34. The molecule has 0 radical (unpaired) electrons. The normalized spacial score (nSPS) is 12.5. The van der Waals surface area contributed by atoms with Crippen molar-refractivity contribution in [2.45, 2.75) is 12.5 Å². The van der Waals surface area contributed by atoms with Crippen molar-refractivity contribution in [3.05, 3.63) is 24.4 Å². The van der Waals surface area contributed by atoms with Crippen LogP contribution in [0.15, 0.2) is 24.4 Å². The monoisotopic (exact) mass is 298 g/mol. The van der Waals surface area contributed by atoms with Gasteiger partial charge in [0.25, 0.3) is 6.43 Å². The van der Waals surface area contributed by atoms with Crippen LogP contribution in [0.2, 0.25) is 0 Å². The maximum Gasteiger partial charge on any atom is 0.265 e. The highest BCUT2D eigenvalue weighted by Gasteiger charge is 2.17. The molecule has 7 heteroatoms. The smallest absolute Gasteiger partial charge is 0.265 e. The first-order valence-electron chi connectivity index (χ1n) is 6.27. The molecule has 0 aliphatic rings. The third-order valence-electron chi connectivity index (χ3n) is 3.04. The molecular formula is C14H16F2N2O3. The van der Waals surface area contributed by atoms with E-state index in [1.165, 1.54) is 14.2 Å². The fourth-order valence-electron chi connectivity index (χ4n) is 1.93. The largest absolute Gasteiger partial charge is 0.493 e. The number of benzene rings is 1. The number of nitrogens with zero attached hydrogens (tertiary/aromatic N) is 1. The van der Waals surface area contributed by atoms with Crippen LogP contribution in [-0.4, -0.2) is 43.4 Å². The Hall–Kier alpha value is -2.15. The predicted molar refractivity (Wildman–Crippen MR) is 75.3 cm³/mol. The molecule has 0 saturated carbocycles. The van der Waals surface area contributed by atoms with Crippen LogP contribution < -0.4 is 14.8 Å². The highest BCUT2D eigenvalue weighted by molar-refractivity contribution is 5.94. The number of anilines is 1. The lowest BCUT2D eigenvalue weighted by Gasteiger charge is -2.14. The molecule has 1 heterocycles. The molecule has 0 spiro atoms. The number of hydrogen-bond acceptors (Lipinski definition) is 5. The summed E-state index contributed by atoms with van der Waals surface area (Å²) in [7, 11) is 3.04. The zero-order chi connectivity index (χ0) is 15.4. The zero-order valence-electron chi connectivity index (χ0n) is 11.6. The minimum atomic E-state index is -2.80. The third-order valence-corrected chi connectivity index (χ3v) is 3.04. The molecule has 0 bridgehead atoms. The van der Waals surface area contributed by atoms with Gasteiger partial charge >= 0.3 is 0 Å². The summed E-state index contributed by atoms with van der Waals surface area (Å²) < 4.78 is 35.1. The first-order chi connectivity index (χ1) is 10.1. The summed E-state index contributed by atoms with van der Waals surface area (Å²) in [6.07, 6.45) is -3.00. The minimum absolute atomic E-state index is 0.294. The van der Waals surface area contributed by atoms with Crippen molar-refractivity contribution in [2.75, 3.05) is 26.1 Å². The van der Waals surface area contributed by atoms with Crippen LogP contribution in [0, 0.1) is 0 Å². The Kier molecular flexibility index (Phi) is 4.74. The van der Waals surface area contributed by atoms with Gasteiger partial charge in [-0.2, -0.15) is 0 Å². The molecule has 0 aliphatic carbocycles. The molecular weight excluding hydrogens is 282 g/mol. The van der Waals surface area contributed by atoms with Crippen molar-refractivity contribution in [1.29, 1.82) is 0 Å². The highest BCUT2D eigenvalue weighted by atomic mass is 19.3. The van der Waals surface area contributed by atoms with Crippen LogP contribution in [0.5, 0.6) is 11.5 Å². The maximum absolute atomic E-state index is 12.3. The van der Waals surface area contributed by atoms with Gasteiger partial charge in [0.05, 0.1) is 14.2 Å². The summed E-state index contributed by atoms with van der Waals surface area (Å²) in [5.41, 5.74) is 0. The molecule has 0 amide bonds. The molecule has 1 aromatic carbocycles. The molecule has 2 N–H and O–H groups in total. The number of pyridine rings is 1. The van der Waals surface area contributed by atoms with Gasteiger partial charge in [-0.05, 0) is 23.6 Å². The Labute approximate surface area is 120 Å². The summed E-state index contributed by atoms with van der Waals surface area (Å²) in [6.45, 7) is -0.294. The lowest BCUT2D eigenvalue weighted by atomic mass is 10.1. The van der Waals surface area contributed by atoms with Gasteiger partial charge < -0.3 is 19.9 Å². The number of aliphatic hydroxyl groups is 1. The Balaban J connectivity index is 2.36. The van der Waals surface area contributed by atoms with E-state index in [-0.39, 0.29) is 6.54 Å². The Bertz CT molecular complexity index is 622. The Morgan fingerprint density at radius 1 is 1.24 bits per heavy atom. The van der Waals surface area contributed by atoms with E-state index in [2.05, 4.69) is 10.3 Å². The molecule has 0 saturated heterocycles. The molecule has 0 aliphatic heterocycles. The molecule has 1 unspecified atom stereocenters. The summed E-state index contributed by atoms with van der Waals surface area (Å²) in [5, 5.41) is 13.4. The van der Waals surface area contributed by atoms with Gasteiger partial charge in [-0.15, -0.1) is 0 Å². The lowest BCUT2D eigenvalue weighted by Crippen LogP contribution is -2.27. The first kappa shape index (κ1) is 15.2. The van der Waals surface area contributed by atoms with Crippen molar-refractivity contribution in [1.82, 2.24) is 4.98 Å². The second kappa shape index (κ2) is 6.53. The van der Waals surface area contributed by atoms with Gasteiger partial charge in [-0.3, -0.25) is 0 Å². The zero-order valence-corrected chi connectivity index (χ0v) is 11.6. The number of alkyl halides is 2. The van der Waals surface area contributed by atoms with Crippen LogP contribution in [0.4, 0.5) is 14.6 Å². The molecule has 5 nitrogen and oxygen atoms in total. The number of hydrogen-bond donors (Lipinski definition) is 2. The number of aromatic nitrogens is 1. The number of rotatable bonds is 6. The maximum atomic E-state index is 12.3. The standard InChI is InChI=1S/C14H16F2N2O3/c1-20-11-5-8-3-4-17-14(9(8)6-12(11)21-2)18-7-10(19)13(15)16/h3-6,10,13,19H,7H2,1-2H3,(H,17,18). The van der Waals surface area contributed by atoms with Gasteiger partial charge in [0.15, 0.2) is 11.5 Å². The number of aliphatic hydroxyl groups excluding tert-OH is 1. The fourth-order valence-corrected chi connectivity index (χ4v) is 1.93. The average Bonchev–Trinajstić information content (AvgIpc) is 2.50. The molecule has 1 aromatic heterocycles. The average molecular weight is 298 g/mol.